The van der Waals surface area contributed by atoms with Crippen LogP contribution >= 0.6 is 35.1 Å². The van der Waals surface area contributed by atoms with Crippen molar-refractivity contribution in [3.8, 4) is 0 Å². The number of fused-ring (bicyclic) bond motifs is 1. The molecule has 1 aliphatic heterocycles. The first-order chi connectivity index (χ1) is 10.3. The Morgan fingerprint density at radius 3 is 2.05 bits per heavy atom. The van der Waals surface area contributed by atoms with Gasteiger partial charge in [0, 0.05) is 32.8 Å². The van der Waals surface area contributed by atoms with Gasteiger partial charge in [0.25, 0.3) is 0 Å². The normalized spacial score (nSPS) is 15.9. The average molecular weight is 330 g/mol. The van der Waals surface area contributed by atoms with Crippen molar-refractivity contribution >= 4 is 35.1 Å². The molecule has 4 heteroatoms. The van der Waals surface area contributed by atoms with Gasteiger partial charge >= 0.3 is 0 Å². The van der Waals surface area contributed by atoms with E-state index in [1.807, 2.05) is 41.9 Å². The number of aromatic amines is 1. The quantitative estimate of drug-likeness (QED) is 0.642. The lowest BCUT2D eigenvalue weighted by molar-refractivity contribution is 1.08. The zero-order valence-corrected chi connectivity index (χ0v) is 13.4. The van der Waals surface area contributed by atoms with Crippen molar-refractivity contribution in [1.29, 1.82) is 0 Å². The standard InChI is InChI=1S/C17H12ClNS2/c18-14-7-5-12(6-8-14)17(13-9-10-19-11-13)20-15-3-1-2-4-16(15)21-17/h1-11,19H. The molecule has 0 radical (unpaired) electrons. The summed E-state index contributed by atoms with van der Waals surface area (Å²) in [6, 6.07) is 18.9. The topological polar surface area (TPSA) is 15.8 Å². The maximum atomic E-state index is 6.06. The number of thioether (sulfide) groups is 2. The lowest BCUT2D eigenvalue weighted by atomic mass is 10.1. The molecule has 21 heavy (non-hydrogen) atoms. The molecular formula is C17H12ClNS2. The van der Waals surface area contributed by atoms with E-state index in [9.17, 15) is 0 Å². The highest BCUT2D eigenvalue weighted by atomic mass is 35.5. The third kappa shape index (κ3) is 2.20. The van der Waals surface area contributed by atoms with Gasteiger partial charge in [-0.05, 0) is 35.9 Å². The summed E-state index contributed by atoms with van der Waals surface area (Å²) in [4.78, 5) is 5.85. The number of H-pyrrole nitrogens is 1. The van der Waals surface area contributed by atoms with Crippen molar-refractivity contribution in [1.82, 2.24) is 4.98 Å². The minimum Gasteiger partial charge on any atom is -0.367 e. The van der Waals surface area contributed by atoms with E-state index in [2.05, 4.69) is 53.6 Å². The smallest absolute Gasteiger partial charge is 0.122 e. The Morgan fingerprint density at radius 1 is 0.810 bits per heavy atom. The summed E-state index contributed by atoms with van der Waals surface area (Å²) in [5.74, 6) is 0. The monoisotopic (exact) mass is 329 g/mol. The molecule has 1 aliphatic rings. The van der Waals surface area contributed by atoms with Gasteiger partial charge in [-0.25, -0.2) is 0 Å². The van der Waals surface area contributed by atoms with E-state index in [1.165, 1.54) is 20.9 Å². The number of nitrogens with one attached hydrogen (secondary N) is 1. The number of hydrogen-bond donors (Lipinski definition) is 1. The van der Waals surface area contributed by atoms with Gasteiger partial charge in [-0.2, -0.15) is 0 Å². The molecule has 1 N–H and O–H groups in total. The van der Waals surface area contributed by atoms with E-state index >= 15 is 0 Å². The van der Waals surface area contributed by atoms with Gasteiger partial charge in [-0.3, -0.25) is 0 Å². The zero-order valence-electron chi connectivity index (χ0n) is 11.0. The molecule has 0 bridgehead atoms. The molecule has 1 nitrogen and oxygen atoms in total. The maximum Gasteiger partial charge on any atom is 0.122 e. The summed E-state index contributed by atoms with van der Waals surface area (Å²) in [7, 11) is 0. The highest BCUT2D eigenvalue weighted by Crippen LogP contribution is 2.64. The van der Waals surface area contributed by atoms with Crippen molar-refractivity contribution < 1.29 is 0 Å². The van der Waals surface area contributed by atoms with Crippen LogP contribution in [0.15, 0.2) is 76.8 Å². The first-order valence-corrected chi connectivity index (χ1v) is 8.65. The van der Waals surface area contributed by atoms with E-state index in [-0.39, 0.29) is 4.08 Å². The second-order valence-electron chi connectivity index (χ2n) is 4.87. The van der Waals surface area contributed by atoms with Crippen molar-refractivity contribution in [3.05, 3.63) is 83.1 Å². The zero-order chi connectivity index (χ0) is 14.3. The van der Waals surface area contributed by atoms with Gasteiger partial charge in [0.1, 0.15) is 4.08 Å². The van der Waals surface area contributed by atoms with E-state index < -0.39 is 0 Å². The summed E-state index contributed by atoms with van der Waals surface area (Å²) in [5, 5.41) is 0.772. The Labute approximate surface area is 137 Å². The lowest BCUT2D eigenvalue weighted by Gasteiger charge is -2.27. The lowest BCUT2D eigenvalue weighted by Crippen LogP contribution is -2.15. The largest absolute Gasteiger partial charge is 0.367 e. The Hall–Kier alpha value is -1.29. The average Bonchev–Trinajstić information content (AvgIpc) is 3.16. The van der Waals surface area contributed by atoms with Crippen LogP contribution in [0.4, 0.5) is 0 Å². The molecule has 0 fully saturated rings. The second-order valence-corrected chi connectivity index (χ2v) is 8.08. The van der Waals surface area contributed by atoms with E-state index in [0.717, 1.165) is 5.02 Å². The molecule has 3 aromatic rings. The fraction of sp³-hybridized carbons (Fsp3) is 0.0588. The minimum atomic E-state index is -0.145. The van der Waals surface area contributed by atoms with Gasteiger partial charge in [-0.15, -0.1) is 0 Å². The molecule has 2 aromatic carbocycles. The SMILES string of the molecule is Clc1ccc(C2(c3cc[nH]c3)Sc3ccccc3S2)cc1. The molecule has 0 unspecified atom stereocenters. The van der Waals surface area contributed by atoms with E-state index in [1.54, 1.807) is 0 Å². The molecule has 2 heterocycles. The maximum absolute atomic E-state index is 6.06. The van der Waals surface area contributed by atoms with Crippen LogP contribution in [0.2, 0.25) is 5.02 Å². The third-order valence-electron chi connectivity index (χ3n) is 3.56. The van der Waals surface area contributed by atoms with Gasteiger partial charge in [0.2, 0.25) is 0 Å². The van der Waals surface area contributed by atoms with Crippen LogP contribution in [0.3, 0.4) is 0 Å². The highest BCUT2D eigenvalue weighted by molar-refractivity contribution is 8.20. The molecular weight excluding hydrogens is 318 g/mol. The third-order valence-corrected chi connectivity index (χ3v) is 7.11. The predicted molar refractivity (Wildman–Crippen MR) is 91.2 cm³/mol. The number of halogens is 1. The highest BCUT2D eigenvalue weighted by Gasteiger charge is 2.42. The summed E-state index contributed by atoms with van der Waals surface area (Å²) in [5.41, 5.74) is 2.54. The molecule has 0 saturated carbocycles. The number of aromatic nitrogens is 1. The molecule has 0 aliphatic carbocycles. The Balaban J connectivity index is 1.88. The van der Waals surface area contributed by atoms with Gasteiger partial charge in [0.15, 0.2) is 0 Å². The minimum absolute atomic E-state index is 0.145. The predicted octanol–water partition coefficient (Wildman–Crippen LogP) is 5.77. The van der Waals surface area contributed by atoms with E-state index in [0.29, 0.717) is 0 Å². The summed E-state index contributed by atoms with van der Waals surface area (Å²) in [6.07, 6.45) is 4.07. The van der Waals surface area contributed by atoms with Crippen LogP contribution in [-0.2, 0) is 4.08 Å². The van der Waals surface area contributed by atoms with Crippen LogP contribution < -0.4 is 0 Å². The number of rotatable bonds is 2. The fourth-order valence-corrected chi connectivity index (χ4v) is 5.88. The molecule has 4 rings (SSSR count). The fourth-order valence-electron chi connectivity index (χ4n) is 2.55. The second kappa shape index (κ2) is 5.16. The first kappa shape index (κ1) is 13.4. The van der Waals surface area contributed by atoms with Crippen molar-refractivity contribution in [2.45, 2.75) is 13.9 Å². The summed E-state index contributed by atoms with van der Waals surface area (Å²) >= 11 is 9.86. The van der Waals surface area contributed by atoms with Crippen LogP contribution in [0.25, 0.3) is 0 Å². The molecule has 0 spiro atoms. The molecule has 1 aromatic heterocycles. The summed E-state index contributed by atoms with van der Waals surface area (Å²) < 4.78 is -0.145. The van der Waals surface area contributed by atoms with Crippen molar-refractivity contribution in [3.63, 3.8) is 0 Å². The summed E-state index contributed by atoms with van der Waals surface area (Å²) in [6.45, 7) is 0. The number of hydrogen-bond acceptors (Lipinski definition) is 2. The van der Waals surface area contributed by atoms with Crippen LogP contribution in [0.5, 0.6) is 0 Å². The molecule has 0 saturated heterocycles. The van der Waals surface area contributed by atoms with Gasteiger partial charge in [-0.1, -0.05) is 59.4 Å². The molecule has 104 valence electrons. The van der Waals surface area contributed by atoms with Crippen LogP contribution in [0, 0.1) is 0 Å². The van der Waals surface area contributed by atoms with Crippen molar-refractivity contribution in [2.24, 2.45) is 0 Å². The Bertz CT molecular complexity index is 741. The molecule has 0 atom stereocenters. The first-order valence-electron chi connectivity index (χ1n) is 6.64. The molecule has 0 amide bonds. The van der Waals surface area contributed by atoms with Gasteiger partial charge in [0.05, 0.1) is 0 Å². The Morgan fingerprint density at radius 2 is 1.48 bits per heavy atom. The van der Waals surface area contributed by atoms with Crippen molar-refractivity contribution in [2.75, 3.05) is 0 Å². The number of benzene rings is 2. The van der Waals surface area contributed by atoms with Crippen LogP contribution in [-0.4, -0.2) is 4.98 Å². The Kier molecular flexibility index (Phi) is 3.29. The van der Waals surface area contributed by atoms with Gasteiger partial charge < -0.3 is 4.98 Å². The van der Waals surface area contributed by atoms with E-state index in [4.69, 9.17) is 11.6 Å². The van der Waals surface area contributed by atoms with Crippen LogP contribution in [0.1, 0.15) is 11.1 Å².